The van der Waals surface area contributed by atoms with Crippen molar-refractivity contribution in [3.05, 3.63) is 79.5 Å². The largest absolute Gasteiger partial charge is 0.507 e. The molecule has 1 aromatic heterocycles. The van der Waals surface area contributed by atoms with E-state index >= 15 is 4.79 Å². The second-order valence-corrected chi connectivity index (χ2v) is 26.7. The number of fused-ring (bicyclic) bond motifs is 2. The monoisotopic (exact) mass is 1270 g/mol. The molecule has 1 fully saturated rings. The van der Waals surface area contributed by atoms with Crippen LogP contribution < -0.4 is 41.7 Å². The van der Waals surface area contributed by atoms with E-state index in [0.29, 0.717) is 24.7 Å². The maximum Gasteiger partial charge on any atom is 0.360 e. The summed E-state index contributed by atoms with van der Waals surface area (Å²) in [6.07, 6.45) is 0.464. The Morgan fingerprint density at radius 3 is 2.19 bits per heavy atom. The van der Waals surface area contributed by atoms with Gasteiger partial charge in [-0.15, -0.1) is 0 Å². The molecule has 3 aromatic carbocycles. The zero-order chi connectivity index (χ0) is 65.1. The standard InChI is InChI=1S/C58H76N6O22P2/c1-28(2)27-63-19-21-64(22-20-63)35-24-37(66)46-39(25-35)84-54-47(61-46)43-44-50(71)33(7)53-45(43)55(73)58(9,86-53)82-23-17-36(81-10)26-38(83-34(8)65)31(5)49(70)32(6)52(29(3)12-11-13-30(4)56(74)62-48(54)51(44)72)85-42(69)15-14-40(67)59-18-16-41(68)60-57(87(75,76)77)88(78,79)80/h11-13,17,23-25,28-29,31-32,36,38,49,52,57,70-71,73H,14-16,18-22,26-27H2,1-10H3,(H,59,67)(H,60,68)(H,62,74)(H2,75,76,77)(H2,78,79,80)/b12-11+,23-17+,30-13-/t29-,31-,32-,36-,38+,49-,52-,58-/m0/s1. The molecule has 8 atom stereocenters. The highest BCUT2D eigenvalue weighted by atomic mass is 31.2. The number of piperazine rings is 1. The van der Waals surface area contributed by atoms with E-state index in [2.05, 4.69) is 29.4 Å². The lowest BCUT2D eigenvalue weighted by Crippen LogP contribution is -2.47. The van der Waals surface area contributed by atoms with E-state index in [1.807, 2.05) is 4.90 Å². The average molecular weight is 1270 g/mol. The Bertz CT molecular complexity index is 3730. The number of rotatable bonds is 15. The highest BCUT2D eigenvalue weighted by Gasteiger charge is 2.46. The summed E-state index contributed by atoms with van der Waals surface area (Å²) in [5.74, 6) is -10.2. The van der Waals surface area contributed by atoms with Gasteiger partial charge in [0.05, 0.1) is 35.5 Å². The zero-order valence-corrected chi connectivity index (χ0v) is 52.1. The summed E-state index contributed by atoms with van der Waals surface area (Å²) in [6, 6.07) is 3.05. The van der Waals surface area contributed by atoms with Crippen molar-refractivity contribution in [1.29, 1.82) is 0 Å². The molecule has 3 aliphatic rings. The average Bonchev–Trinajstić information content (AvgIpc) is 1.30. The van der Waals surface area contributed by atoms with E-state index in [9.17, 15) is 72.8 Å². The van der Waals surface area contributed by atoms with Gasteiger partial charge < -0.3 is 83.8 Å². The highest BCUT2D eigenvalue weighted by molar-refractivity contribution is 7.70. The summed E-state index contributed by atoms with van der Waals surface area (Å²) in [7, 11) is -9.63. The van der Waals surface area contributed by atoms with Crippen LogP contribution in [0.3, 0.4) is 0 Å². The first kappa shape index (κ1) is 68.2. The quantitative estimate of drug-likeness (QED) is 0.0351. The Hall–Kier alpha value is -7.26. The summed E-state index contributed by atoms with van der Waals surface area (Å²) in [5.41, 5.74) is -5.04. The Morgan fingerprint density at radius 1 is 0.898 bits per heavy atom. The van der Waals surface area contributed by atoms with Crippen molar-refractivity contribution in [3.63, 3.8) is 0 Å². The number of esters is 2. The number of methoxy groups -OCH3 is 1. The molecule has 10 N–H and O–H groups in total. The summed E-state index contributed by atoms with van der Waals surface area (Å²) >= 11 is 0. The molecule has 3 aliphatic heterocycles. The number of phenolic OH excluding ortho intramolecular Hbond substituents is 1. The van der Waals surface area contributed by atoms with E-state index in [0.717, 1.165) is 25.9 Å². The summed E-state index contributed by atoms with van der Waals surface area (Å²) in [4.78, 5) is 141. The maximum absolute atomic E-state index is 15.1. The Labute approximate surface area is 504 Å². The van der Waals surface area contributed by atoms with Gasteiger partial charge in [-0.3, -0.25) is 47.6 Å². The third-order valence-corrected chi connectivity index (χ3v) is 19.1. The first-order valence-electron chi connectivity index (χ1n) is 28.4. The lowest BCUT2D eigenvalue weighted by molar-refractivity contribution is -0.162. The maximum atomic E-state index is 15.1. The molecule has 7 rings (SSSR count). The lowest BCUT2D eigenvalue weighted by Gasteiger charge is -2.36. The molecule has 3 amide bonds. The number of nitrogens with zero attached hydrogens (tertiary/aromatic N) is 3. The topological polar surface area (TPSA) is 410 Å². The molecule has 0 aliphatic carbocycles. The first-order valence-corrected chi connectivity index (χ1v) is 31.8. The van der Waals surface area contributed by atoms with Crippen LogP contribution in [-0.2, 0) is 52.1 Å². The van der Waals surface area contributed by atoms with Gasteiger partial charge in [0.2, 0.25) is 28.2 Å². The Kier molecular flexibility index (Phi) is 21.4. The van der Waals surface area contributed by atoms with Crippen molar-refractivity contribution in [1.82, 2.24) is 20.5 Å². The van der Waals surface area contributed by atoms with Crippen molar-refractivity contribution >= 4 is 95.0 Å². The number of aliphatic hydroxyl groups excluding tert-OH is 2. The van der Waals surface area contributed by atoms with Crippen LogP contribution in [0.4, 0.5) is 11.4 Å². The van der Waals surface area contributed by atoms with Crippen LogP contribution >= 0.6 is 15.2 Å². The fraction of sp³-hybridized carbons (Fsp3) is 0.517. The van der Waals surface area contributed by atoms with E-state index < -0.39 is 158 Å². The third-order valence-electron chi connectivity index (χ3n) is 15.7. The third kappa shape index (κ3) is 15.4. The molecule has 480 valence electrons. The molecular weight excluding hydrogens is 1190 g/mol. The number of anilines is 2. The van der Waals surface area contributed by atoms with Gasteiger partial charge in [-0.25, -0.2) is 4.98 Å². The van der Waals surface area contributed by atoms with Crippen LogP contribution in [0.2, 0.25) is 0 Å². The van der Waals surface area contributed by atoms with Crippen LogP contribution in [0.1, 0.15) is 86.6 Å². The van der Waals surface area contributed by atoms with Crippen LogP contribution in [-0.4, -0.2) is 157 Å². The number of hydrogen-bond donors (Lipinski definition) is 10. The Balaban J connectivity index is 1.28. The molecule has 0 radical (unpaired) electrons. The van der Waals surface area contributed by atoms with Crippen molar-refractivity contribution in [2.45, 2.75) is 124 Å². The molecule has 28 nitrogen and oxygen atoms in total. The molecule has 4 heterocycles. The van der Waals surface area contributed by atoms with Crippen molar-refractivity contribution < 1.29 is 96.1 Å². The minimum atomic E-state index is -5.49. The van der Waals surface area contributed by atoms with E-state index in [4.69, 9.17) is 33.1 Å². The predicted molar refractivity (Wildman–Crippen MR) is 321 cm³/mol. The van der Waals surface area contributed by atoms with E-state index in [-0.39, 0.29) is 56.1 Å². The van der Waals surface area contributed by atoms with Crippen LogP contribution in [0.25, 0.3) is 38.7 Å². The number of nitrogens with one attached hydrogen (secondary N) is 3. The number of carbonyl (C=O) groups is 5. The second-order valence-electron chi connectivity index (χ2n) is 22.9. The smallest absolute Gasteiger partial charge is 0.360 e. The molecule has 88 heavy (non-hydrogen) atoms. The van der Waals surface area contributed by atoms with Gasteiger partial charge in [0.15, 0.2) is 22.4 Å². The highest BCUT2D eigenvalue weighted by Crippen LogP contribution is 2.58. The van der Waals surface area contributed by atoms with Gasteiger partial charge in [0.1, 0.15) is 34.9 Å². The number of carbonyl (C=O) groups excluding carboxylic acids is 5. The fourth-order valence-corrected chi connectivity index (χ4v) is 13.1. The molecule has 4 aromatic rings. The minimum Gasteiger partial charge on any atom is -0.507 e. The number of phenols is 1. The number of hydrogen-bond acceptors (Lipinski definition) is 21. The van der Waals surface area contributed by atoms with E-state index in [1.54, 1.807) is 38.2 Å². The van der Waals surface area contributed by atoms with Gasteiger partial charge in [0.25, 0.3) is 5.91 Å². The van der Waals surface area contributed by atoms with Gasteiger partial charge >= 0.3 is 32.9 Å². The summed E-state index contributed by atoms with van der Waals surface area (Å²) in [5, 5.41) is 42.2. The number of allylic oxidation sites excluding steroid dienone is 2. The number of ether oxygens (including phenoxy) is 5. The van der Waals surface area contributed by atoms with Gasteiger partial charge in [-0.05, 0) is 25.8 Å². The molecule has 0 spiro atoms. The van der Waals surface area contributed by atoms with Crippen LogP contribution in [0.15, 0.2) is 62.3 Å². The van der Waals surface area contributed by atoms with Crippen molar-refractivity contribution in [2.75, 3.05) is 56.6 Å². The molecule has 0 unspecified atom stereocenters. The molecule has 30 heteroatoms. The summed E-state index contributed by atoms with van der Waals surface area (Å²) in [6.45, 7) is 17.5. The second kappa shape index (κ2) is 27.6. The SMILES string of the molecule is CO[C@H]1/C=C/O[C@@]2(C)Oc3c(C)c(O)c4c(=O)c(c5oc6cc(N7CCN(CC(C)C)CC7)cc(=O)c6nc5c4c3=C2O)NC(=O)/C(C)=C\C=C\[C@H](C)[C@H](OC(=O)CCC(=O)NCCC(=O)NC(P(=O)(O)O)P(=O)(O)O)[C@@H](C)[C@@H](O)[C@@H](C)[C@H](OC(C)=O)C1. The van der Waals surface area contributed by atoms with Gasteiger partial charge in [0, 0.05) is 132 Å². The van der Waals surface area contributed by atoms with Gasteiger partial charge in [-0.1, -0.05) is 52.8 Å². The van der Waals surface area contributed by atoms with Crippen molar-refractivity contribution in [2.24, 2.45) is 23.7 Å². The molecule has 1 saturated heterocycles. The van der Waals surface area contributed by atoms with E-state index in [1.165, 1.54) is 59.1 Å². The number of aromatic nitrogens is 1. The number of amides is 3. The number of aromatic hydroxyl groups is 1. The molecule has 4 bridgehead atoms. The van der Waals surface area contributed by atoms with Crippen LogP contribution in [0, 0.1) is 30.6 Å². The Morgan fingerprint density at radius 2 is 1.57 bits per heavy atom. The predicted octanol–water partition coefficient (Wildman–Crippen LogP) is 3.68. The number of benzene rings is 3. The fourth-order valence-electron chi connectivity index (χ4n) is 10.9. The molecular formula is C58H76N6O22P2. The lowest BCUT2D eigenvalue weighted by atomic mass is 9.81. The minimum absolute atomic E-state index is 0.00573. The van der Waals surface area contributed by atoms with Gasteiger partial charge in [-0.2, -0.15) is 0 Å². The number of aliphatic hydroxyl groups is 2. The molecule has 0 saturated carbocycles. The van der Waals surface area contributed by atoms with Crippen LogP contribution in [0.5, 0.6) is 11.5 Å². The first-order chi connectivity index (χ1) is 41.1. The zero-order valence-electron chi connectivity index (χ0n) is 50.3. The van der Waals surface area contributed by atoms with Crippen molar-refractivity contribution in [3.8, 4) is 11.5 Å². The summed E-state index contributed by atoms with van der Waals surface area (Å²) < 4.78 is 59.6. The normalized spacial score (nSPS) is 24.9.